The highest BCUT2D eigenvalue weighted by Gasteiger charge is 2.42. The number of rotatable bonds is 6. The number of nitrogens with zero attached hydrogens (tertiary/aromatic N) is 1. The maximum absolute atomic E-state index is 12.8. The Morgan fingerprint density at radius 2 is 1.40 bits per heavy atom. The van der Waals surface area contributed by atoms with Gasteiger partial charge in [-0.3, -0.25) is 14.5 Å². The highest BCUT2D eigenvalue weighted by molar-refractivity contribution is 6.21. The third-order valence-corrected chi connectivity index (χ3v) is 4.60. The zero-order valence-electron chi connectivity index (χ0n) is 14.6. The summed E-state index contributed by atoms with van der Waals surface area (Å²) in [6.45, 7) is 4.06. The van der Waals surface area contributed by atoms with E-state index < -0.39 is 12.1 Å². The van der Waals surface area contributed by atoms with Crippen LogP contribution in [-0.4, -0.2) is 34.0 Å². The lowest BCUT2D eigenvalue weighted by Gasteiger charge is -2.31. The van der Waals surface area contributed by atoms with Crippen molar-refractivity contribution in [2.45, 2.75) is 38.8 Å². The molecule has 25 heavy (non-hydrogen) atoms. The van der Waals surface area contributed by atoms with Crippen molar-refractivity contribution in [1.29, 1.82) is 0 Å². The molecule has 0 unspecified atom stereocenters. The van der Waals surface area contributed by atoms with E-state index in [0.29, 0.717) is 24.0 Å². The summed E-state index contributed by atoms with van der Waals surface area (Å²) in [6.07, 6.45) is 0.178. The molecule has 4 nitrogen and oxygen atoms in total. The predicted octanol–water partition coefficient (Wildman–Crippen LogP) is 3.30. The van der Waals surface area contributed by atoms with Gasteiger partial charge in [0.25, 0.3) is 11.8 Å². The molecule has 2 amide bonds. The average Bonchev–Trinajstić information content (AvgIpc) is 2.85. The monoisotopic (exact) mass is 337 g/mol. The highest BCUT2D eigenvalue weighted by Crippen LogP contribution is 2.29. The minimum atomic E-state index is -0.799. The predicted molar refractivity (Wildman–Crippen MR) is 96.3 cm³/mol. The average molecular weight is 337 g/mol. The third-order valence-electron chi connectivity index (χ3n) is 4.60. The first kappa shape index (κ1) is 17.4. The van der Waals surface area contributed by atoms with Crippen molar-refractivity contribution < 1.29 is 14.7 Å². The number of hydrogen-bond acceptors (Lipinski definition) is 3. The molecule has 1 aliphatic heterocycles. The van der Waals surface area contributed by atoms with Gasteiger partial charge in [-0.15, -0.1) is 0 Å². The van der Waals surface area contributed by atoms with E-state index in [0.717, 1.165) is 5.56 Å². The van der Waals surface area contributed by atoms with E-state index in [9.17, 15) is 14.7 Å². The van der Waals surface area contributed by atoms with Crippen molar-refractivity contribution in [3.05, 3.63) is 71.3 Å². The normalized spacial score (nSPS) is 16.2. The van der Waals surface area contributed by atoms with Gasteiger partial charge in [-0.2, -0.15) is 0 Å². The molecular weight excluding hydrogens is 314 g/mol. The molecule has 2 atom stereocenters. The first-order chi connectivity index (χ1) is 12.0. The Morgan fingerprint density at radius 1 is 0.880 bits per heavy atom. The Bertz CT molecular complexity index is 735. The van der Waals surface area contributed by atoms with Crippen LogP contribution in [0.4, 0.5) is 0 Å². The smallest absolute Gasteiger partial charge is 0.261 e. The van der Waals surface area contributed by atoms with Crippen molar-refractivity contribution in [1.82, 2.24) is 4.90 Å². The van der Waals surface area contributed by atoms with E-state index in [1.165, 1.54) is 4.90 Å². The maximum Gasteiger partial charge on any atom is 0.261 e. The summed E-state index contributed by atoms with van der Waals surface area (Å²) in [7, 11) is 0. The molecule has 0 spiro atoms. The van der Waals surface area contributed by atoms with E-state index in [-0.39, 0.29) is 17.7 Å². The van der Waals surface area contributed by atoms with Gasteiger partial charge < -0.3 is 5.11 Å². The summed E-state index contributed by atoms with van der Waals surface area (Å²) >= 11 is 0. The first-order valence-corrected chi connectivity index (χ1v) is 8.68. The number of imide groups is 1. The largest absolute Gasteiger partial charge is 0.391 e. The number of benzene rings is 2. The van der Waals surface area contributed by atoms with E-state index >= 15 is 0 Å². The van der Waals surface area contributed by atoms with E-state index in [4.69, 9.17) is 0 Å². The van der Waals surface area contributed by atoms with E-state index in [2.05, 4.69) is 0 Å². The van der Waals surface area contributed by atoms with Gasteiger partial charge in [0, 0.05) is 6.42 Å². The summed E-state index contributed by atoms with van der Waals surface area (Å²) in [6, 6.07) is 16.0. The number of aliphatic hydroxyl groups is 1. The zero-order valence-corrected chi connectivity index (χ0v) is 14.6. The minimum Gasteiger partial charge on any atom is -0.391 e. The molecular formula is C21H23NO3. The van der Waals surface area contributed by atoms with Crippen LogP contribution in [0.2, 0.25) is 0 Å². The van der Waals surface area contributed by atoms with Crippen LogP contribution in [-0.2, 0) is 6.42 Å². The van der Waals surface area contributed by atoms with Gasteiger partial charge in [0.15, 0.2) is 0 Å². The topological polar surface area (TPSA) is 57.6 Å². The second-order valence-electron chi connectivity index (χ2n) is 6.98. The Morgan fingerprint density at radius 3 is 1.92 bits per heavy atom. The Kier molecular flexibility index (Phi) is 5.00. The van der Waals surface area contributed by atoms with Crippen molar-refractivity contribution in [3.63, 3.8) is 0 Å². The fourth-order valence-electron chi connectivity index (χ4n) is 3.42. The number of carbonyl (C=O) groups is 2. The molecule has 1 N–H and O–H groups in total. The summed E-state index contributed by atoms with van der Waals surface area (Å²) in [4.78, 5) is 26.8. The quantitative estimate of drug-likeness (QED) is 0.823. The number of aliphatic hydroxyl groups excluding tert-OH is 1. The second-order valence-corrected chi connectivity index (χ2v) is 6.98. The fourth-order valence-corrected chi connectivity index (χ4v) is 3.42. The Labute approximate surface area is 148 Å². The first-order valence-electron chi connectivity index (χ1n) is 8.68. The second kappa shape index (κ2) is 7.19. The lowest BCUT2D eigenvalue weighted by molar-refractivity contribution is 0.0291. The van der Waals surface area contributed by atoms with Crippen LogP contribution in [0.25, 0.3) is 0 Å². The van der Waals surface area contributed by atoms with Crippen molar-refractivity contribution in [2.24, 2.45) is 5.92 Å². The molecule has 4 heteroatoms. The Balaban J connectivity index is 1.89. The zero-order chi connectivity index (χ0) is 18.0. The molecule has 1 aliphatic rings. The van der Waals surface area contributed by atoms with Crippen LogP contribution < -0.4 is 0 Å². The summed E-state index contributed by atoms with van der Waals surface area (Å²) < 4.78 is 0. The number of amides is 2. The van der Waals surface area contributed by atoms with Gasteiger partial charge in [0.05, 0.1) is 23.3 Å². The van der Waals surface area contributed by atoms with Crippen LogP contribution in [0.1, 0.15) is 46.5 Å². The molecule has 0 aromatic heterocycles. The van der Waals surface area contributed by atoms with Crippen LogP contribution >= 0.6 is 0 Å². The molecule has 0 aliphatic carbocycles. The van der Waals surface area contributed by atoms with Gasteiger partial charge in [-0.25, -0.2) is 0 Å². The molecule has 2 aromatic rings. The van der Waals surface area contributed by atoms with Crippen molar-refractivity contribution in [3.8, 4) is 0 Å². The molecule has 0 fully saturated rings. The SMILES string of the molecule is CC(C)C[C@@H]([C@@H](O)Cc1ccccc1)N1C(=O)c2ccccc2C1=O. The lowest BCUT2D eigenvalue weighted by atomic mass is 9.93. The molecule has 130 valence electrons. The minimum absolute atomic E-state index is 0.250. The molecule has 0 radical (unpaired) electrons. The standard InChI is InChI=1S/C21H23NO3/c1-14(2)12-18(19(23)13-15-8-4-3-5-9-15)22-20(24)16-10-6-7-11-17(16)21(22)25/h3-11,14,18-19,23H,12-13H2,1-2H3/t18-,19-/m0/s1. The lowest BCUT2D eigenvalue weighted by Crippen LogP contribution is -2.48. The number of fused-ring (bicyclic) bond motifs is 1. The van der Waals surface area contributed by atoms with Gasteiger partial charge in [0.1, 0.15) is 0 Å². The summed E-state index contributed by atoms with van der Waals surface area (Å²) in [5.41, 5.74) is 1.83. The van der Waals surface area contributed by atoms with E-state index in [1.54, 1.807) is 24.3 Å². The van der Waals surface area contributed by atoms with Gasteiger partial charge in [-0.05, 0) is 30.0 Å². The van der Waals surface area contributed by atoms with E-state index in [1.807, 2.05) is 44.2 Å². The third kappa shape index (κ3) is 3.49. The van der Waals surface area contributed by atoms with Crippen LogP contribution in [0, 0.1) is 5.92 Å². The van der Waals surface area contributed by atoms with Crippen LogP contribution in [0.5, 0.6) is 0 Å². The molecule has 0 saturated heterocycles. The van der Waals surface area contributed by atoms with Crippen LogP contribution in [0.15, 0.2) is 54.6 Å². The molecule has 0 bridgehead atoms. The van der Waals surface area contributed by atoms with Gasteiger partial charge in [0.2, 0.25) is 0 Å². The van der Waals surface area contributed by atoms with Crippen LogP contribution in [0.3, 0.4) is 0 Å². The van der Waals surface area contributed by atoms with Crippen molar-refractivity contribution >= 4 is 11.8 Å². The molecule has 1 heterocycles. The van der Waals surface area contributed by atoms with Crippen molar-refractivity contribution in [2.75, 3.05) is 0 Å². The molecule has 3 rings (SSSR count). The highest BCUT2D eigenvalue weighted by atomic mass is 16.3. The molecule has 0 saturated carbocycles. The number of hydrogen-bond donors (Lipinski definition) is 1. The van der Waals surface area contributed by atoms with Gasteiger partial charge in [-0.1, -0.05) is 56.3 Å². The maximum atomic E-state index is 12.8. The number of carbonyl (C=O) groups excluding carboxylic acids is 2. The fraction of sp³-hybridized carbons (Fsp3) is 0.333. The molecule has 2 aromatic carbocycles. The Hall–Kier alpha value is -2.46. The van der Waals surface area contributed by atoms with Gasteiger partial charge >= 0.3 is 0 Å². The summed E-state index contributed by atoms with van der Waals surface area (Å²) in [5, 5.41) is 10.8. The summed E-state index contributed by atoms with van der Waals surface area (Å²) in [5.74, 6) is -0.364.